The predicted molar refractivity (Wildman–Crippen MR) is 188 cm³/mol. The number of amides is 3. The monoisotopic (exact) mass is 638 g/mol. The van der Waals surface area contributed by atoms with E-state index >= 15 is 0 Å². The Labute approximate surface area is 280 Å². The van der Waals surface area contributed by atoms with Crippen LogP contribution in [0.5, 0.6) is 0 Å². The van der Waals surface area contributed by atoms with Gasteiger partial charge in [-0.05, 0) is 68.5 Å². The fourth-order valence-corrected chi connectivity index (χ4v) is 5.82. The molecule has 0 radical (unpaired) electrons. The number of nitrogens with one attached hydrogen (secondary N) is 1. The van der Waals surface area contributed by atoms with Crippen molar-refractivity contribution >= 4 is 17.7 Å². The van der Waals surface area contributed by atoms with Crippen LogP contribution >= 0.6 is 0 Å². The Morgan fingerprint density at radius 1 is 0.830 bits per heavy atom. The van der Waals surface area contributed by atoms with Crippen LogP contribution < -0.4 is 5.32 Å². The van der Waals surface area contributed by atoms with Gasteiger partial charge in [-0.1, -0.05) is 91.0 Å². The summed E-state index contributed by atoms with van der Waals surface area (Å²) in [6, 6.07) is 26.2. The van der Waals surface area contributed by atoms with Gasteiger partial charge in [-0.2, -0.15) is 0 Å². The molecule has 3 aromatic carbocycles. The van der Waals surface area contributed by atoms with Gasteiger partial charge in [0.05, 0.1) is 6.10 Å². The molecule has 1 fully saturated rings. The minimum atomic E-state index is -0.841. The number of hydrogen-bond acceptors (Lipinski definition) is 5. The lowest BCUT2D eigenvalue weighted by Crippen LogP contribution is -2.57. The summed E-state index contributed by atoms with van der Waals surface area (Å²) >= 11 is 0. The van der Waals surface area contributed by atoms with Crippen LogP contribution in [0.3, 0.4) is 0 Å². The summed E-state index contributed by atoms with van der Waals surface area (Å²) in [6.07, 6.45) is 5.24. The van der Waals surface area contributed by atoms with Gasteiger partial charge in [0, 0.05) is 45.6 Å². The van der Waals surface area contributed by atoms with E-state index in [1.54, 1.807) is 19.0 Å². The lowest BCUT2D eigenvalue weighted by atomic mass is 9.97. The predicted octanol–water partition coefficient (Wildman–Crippen LogP) is 4.72. The number of nitrogens with zero attached hydrogens (tertiary/aromatic N) is 3. The molecule has 4 rings (SSSR count). The maximum absolute atomic E-state index is 14.5. The molecule has 2 atom stereocenters. The number of carbonyl (C=O) groups excluding carboxylic acids is 3. The molecule has 1 heterocycles. The second-order valence-corrected chi connectivity index (χ2v) is 13.2. The minimum absolute atomic E-state index is 0.147. The SMILES string of the molecule is CNC(C)(C)C/C=C/C(=O)N(C)[C@H](Cc1ccc(-c2ccccc2)cc1)C(=O)N(C)[C@H](Cc1ccccc1)C(=O)N1CCC(O)CC1. The molecular weight excluding hydrogens is 588 g/mol. The Morgan fingerprint density at radius 2 is 1.36 bits per heavy atom. The van der Waals surface area contributed by atoms with Gasteiger partial charge in [0.2, 0.25) is 17.7 Å². The number of likely N-dealkylation sites (tertiary alicyclic amines) is 1. The maximum atomic E-state index is 14.5. The van der Waals surface area contributed by atoms with E-state index in [2.05, 4.69) is 31.3 Å². The van der Waals surface area contributed by atoms with Gasteiger partial charge in [0.15, 0.2) is 0 Å². The Balaban J connectivity index is 1.63. The molecule has 0 aliphatic carbocycles. The van der Waals surface area contributed by atoms with E-state index in [1.807, 2.05) is 85.9 Å². The van der Waals surface area contributed by atoms with Crippen molar-refractivity contribution in [1.82, 2.24) is 20.0 Å². The number of piperidine rings is 1. The number of carbonyl (C=O) groups is 3. The third kappa shape index (κ3) is 9.86. The van der Waals surface area contributed by atoms with Crippen LogP contribution in [-0.4, -0.2) is 95.5 Å². The fraction of sp³-hybridized carbons (Fsp3) is 0.410. The number of aliphatic hydroxyl groups excluding tert-OH is 1. The first-order valence-corrected chi connectivity index (χ1v) is 16.5. The van der Waals surface area contributed by atoms with Gasteiger partial charge >= 0.3 is 0 Å². The summed E-state index contributed by atoms with van der Waals surface area (Å²) in [7, 11) is 5.21. The smallest absolute Gasteiger partial charge is 0.246 e. The molecule has 0 spiro atoms. The van der Waals surface area contributed by atoms with Gasteiger partial charge in [0.1, 0.15) is 12.1 Å². The Kier molecular flexibility index (Phi) is 12.5. The molecule has 0 aromatic heterocycles. The maximum Gasteiger partial charge on any atom is 0.246 e. The Hall–Kier alpha value is -4.27. The largest absolute Gasteiger partial charge is 0.393 e. The van der Waals surface area contributed by atoms with E-state index in [9.17, 15) is 19.5 Å². The van der Waals surface area contributed by atoms with E-state index < -0.39 is 18.2 Å². The van der Waals surface area contributed by atoms with E-state index in [0.29, 0.717) is 45.2 Å². The highest BCUT2D eigenvalue weighted by Crippen LogP contribution is 2.22. The summed E-state index contributed by atoms with van der Waals surface area (Å²) in [5.41, 5.74) is 3.83. The van der Waals surface area contributed by atoms with Crippen molar-refractivity contribution in [3.63, 3.8) is 0 Å². The first-order chi connectivity index (χ1) is 22.5. The van der Waals surface area contributed by atoms with Crippen LogP contribution in [-0.2, 0) is 27.2 Å². The molecule has 2 N–H and O–H groups in total. The van der Waals surface area contributed by atoms with Crippen molar-refractivity contribution in [3.05, 3.63) is 108 Å². The van der Waals surface area contributed by atoms with E-state index in [0.717, 1.165) is 22.3 Å². The van der Waals surface area contributed by atoms with Crippen molar-refractivity contribution < 1.29 is 19.5 Å². The second kappa shape index (κ2) is 16.5. The van der Waals surface area contributed by atoms with Crippen molar-refractivity contribution in [2.75, 3.05) is 34.2 Å². The molecule has 250 valence electrons. The van der Waals surface area contributed by atoms with Gasteiger partial charge in [0.25, 0.3) is 0 Å². The molecular formula is C39H50N4O4. The highest BCUT2D eigenvalue weighted by atomic mass is 16.3. The van der Waals surface area contributed by atoms with E-state index in [4.69, 9.17) is 0 Å². The number of benzene rings is 3. The zero-order valence-electron chi connectivity index (χ0n) is 28.4. The fourth-order valence-electron chi connectivity index (χ4n) is 5.82. The lowest BCUT2D eigenvalue weighted by Gasteiger charge is -2.38. The summed E-state index contributed by atoms with van der Waals surface area (Å²) in [6.45, 7) is 4.99. The molecule has 8 nitrogen and oxygen atoms in total. The number of rotatable bonds is 13. The first kappa shape index (κ1) is 35.6. The van der Waals surface area contributed by atoms with E-state index in [1.165, 1.54) is 15.9 Å². The Bertz CT molecular complexity index is 1480. The molecule has 47 heavy (non-hydrogen) atoms. The van der Waals surface area contributed by atoms with Crippen molar-refractivity contribution in [3.8, 4) is 11.1 Å². The zero-order valence-corrected chi connectivity index (χ0v) is 28.4. The molecule has 8 heteroatoms. The number of likely N-dealkylation sites (N-methyl/N-ethyl adjacent to an activating group) is 2. The van der Waals surface area contributed by atoms with E-state index in [-0.39, 0.29) is 23.3 Å². The summed E-state index contributed by atoms with van der Waals surface area (Å²) < 4.78 is 0. The average Bonchev–Trinajstić information content (AvgIpc) is 3.09. The first-order valence-electron chi connectivity index (χ1n) is 16.5. The van der Waals surface area contributed by atoms with Crippen LogP contribution in [0.4, 0.5) is 0 Å². The molecule has 3 amide bonds. The third-order valence-corrected chi connectivity index (χ3v) is 9.30. The number of hydrogen-bond donors (Lipinski definition) is 2. The molecule has 0 bridgehead atoms. The van der Waals surface area contributed by atoms with Crippen molar-refractivity contribution in [1.29, 1.82) is 0 Å². The summed E-state index contributed by atoms with van der Waals surface area (Å²) in [5.74, 6) is -0.727. The third-order valence-electron chi connectivity index (χ3n) is 9.30. The lowest BCUT2D eigenvalue weighted by molar-refractivity contribution is -0.150. The van der Waals surface area contributed by atoms with Crippen LogP contribution in [0.15, 0.2) is 97.1 Å². The topological polar surface area (TPSA) is 93.2 Å². The zero-order chi connectivity index (χ0) is 34.0. The van der Waals surface area contributed by atoms with Crippen LogP contribution in [0, 0.1) is 0 Å². The standard InChI is InChI=1S/C39H50N4O4/c1-39(2,40-3)24-12-17-36(45)41(4)34(28-30-18-20-32(21-19-30)31-15-10-7-11-16-31)37(46)42(5)35(27-29-13-8-6-9-14-29)38(47)43-25-22-33(44)23-26-43/h6-21,33-35,40,44H,22-28H2,1-5H3/b17-12+/t34-,35-/m1/s1. The van der Waals surface area contributed by atoms with Crippen LogP contribution in [0.2, 0.25) is 0 Å². The summed E-state index contributed by atoms with van der Waals surface area (Å²) in [5, 5.41) is 13.3. The molecule has 1 saturated heterocycles. The highest BCUT2D eigenvalue weighted by molar-refractivity contribution is 5.95. The van der Waals surface area contributed by atoms with Crippen molar-refractivity contribution in [2.45, 2.75) is 69.7 Å². The minimum Gasteiger partial charge on any atom is -0.393 e. The van der Waals surface area contributed by atoms with Crippen LogP contribution in [0.25, 0.3) is 11.1 Å². The molecule has 0 unspecified atom stereocenters. The quantitative estimate of drug-likeness (QED) is 0.265. The molecule has 3 aromatic rings. The van der Waals surface area contributed by atoms with Gasteiger partial charge in [-0.15, -0.1) is 0 Å². The van der Waals surface area contributed by atoms with Crippen LogP contribution in [0.1, 0.15) is 44.2 Å². The second-order valence-electron chi connectivity index (χ2n) is 13.2. The Morgan fingerprint density at radius 3 is 1.96 bits per heavy atom. The van der Waals surface area contributed by atoms with Gasteiger partial charge in [-0.25, -0.2) is 0 Å². The average molecular weight is 639 g/mol. The number of aliphatic hydroxyl groups is 1. The van der Waals surface area contributed by atoms with Crippen molar-refractivity contribution in [2.24, 2.45) is 0 Å². The molecule has 1 aliphatic rings. The highest BCUT2D eigenvalue weighted by Gasteiger charge is 2.37. The molecule has 1 aliphatic heterocycles. The van der Waals surface area contributed by atoms with Gasteiger partial charge < -0.3 is 25.1 Å². The molecule has 0 saturated carbocycles. The van der Waals surface area contributed by atoms with Gasteiger partial charge in [-0.3, -0.25) is 14.4 Å². The summed E-state index contributed by atoms with van der Waals surface area (Å²) in [4.78, 5) is 46.9. The normalized spacial score (nSPS) is 15.3.